The van der Waals surface area contributed by atoms with Crippen molar-refractivity contribution in [2.24, 2.45) is 0 Å². The number of alkyl halides is 1. The van der Waals surface area contributed by atoms with Crippen molar-refractivity contribution in [3.63, 3.8) is 0 Å². The minimum Gasteiger partial charge on any atom is -0.465 e. The van der Waals surface area contributed by atoms with E-state index < -0.39 is 10.1 Å². The van der Waals surface area contributed by atoms with Crippen LogP contribution >= 0.6 is 22.6 Å². The van der Waals surface area contributed by atoms with Gasteiger partial charge in [-0.1, -0.05) is 0 Å². The van der Waals surface area contributed by atoms with Crippen LogP contribution in [0.5, 0.6) is 0 Å². The van der Waals surface area contributed by atoms with Gasteiger partial charge in [-0.25, -0.2) is 4.79 Å². The summed E-state index contributed by atoms with van der Waals surface area (Å²) >= 11 is 1.71. The van der Waals surface area contributed by atoms with Crippen molar-refractivity contribution in [1.82, 2.24) is 5.32 Å². The molecule has 1 unspecified atom stereocenters. The van der Waals surface area contributed by atoms with E-state index in [2.05, 4.69) is 0 Å². The fourth-order valence-corrected chi connectivity index (χ4v) is 0.476. The summed E-state index contributed by atoms with van der Waals surface area (Å²) in [6.45, 7) is 1.33. The molecule has 2 N–H and O–H groups in total. The zero-order chi connectivity index (χ0) is 7.44. The molecule has 0 spiro atoms. The van der Waals surface area contributed by atoms with E-state index in [1.807, 2.05) is 5.32 Å². The molecule has 0 aliphatic carbocycles. The van der Waals surface area contributed by atoms with Gasteiger partial charge in [0.05, 0.1) is 0 Å². The monoisotopic (exact) mass is 243 g/mol. The van der Waals surface area contributed by atoms with Crippen molar-refractivity contribution in [2.45, 2.75) is 11.0 Å². The van der Waals surface area contributed by atoms with E-state index in [-0.39, 0.29) is 5.78 Å². The van der Waals surface area contributed by atoms with E-state index in [1.165, 1.54) is 6.92 Å². The highest BCUT2D eigenvalue weighted by atomic mass is 127. The molecule has 0 aromatic heterocycles. The van der Waals surface area contributed by atoms with E-state index in [4.69, 9.17) is 5.11 Å². The Hall–Kier alpha value is -0.330. The molecule has 0 saturated heterocycles. The second kappa shape index (κ2) is 3.65. The number of carbonyl (C=O) groups is 2. The number of carboxylic acid groups (broad SMARTS) is 1. The zero-order valence-electron chi connectivity index (χ0n) is 4.72. The Bertz CT molecular complexity index is 136. The van der Waals surface area contributed by atoms with E-state index in [9.17, 15) is 9.59 Å². The summed E-state index contributed by atoms with van der Waals surface area (Å²) in [5.74, 6) is -0.196. The molecule has 0 aromatic rings. The molecule has 0 aliphatic heterocycles. The molecule has 5 heteroatoms. The first-order chi connectivity index (χ1) is 4.04. The standard InChI is InChI=1S/C4H6INO3/c1-2(7)3(5)6-4(8)9/h3,6H,1H3,(H,8,9). The van der Waals surface area contributed by atoms with E-state index in [0.29, 0.717) is 0 Å². The third kappa shape index (κ3) is 4.19. The smallest absolute Gasteiger partial charge is 0.405 e. The molecule has 0 radical (unpaired) electrons. The number of nitrogens with one attached hydrogen (secondary N) is 1. The molecular formula is C4H6INO3. The molecule has 0 bridgehead atoms. The first kappa shape index (κ1) is 8.67. The van der Waals surface area contributed by atoms with Crippen LogP contribution in [0.4, 0.5) is 4.79 Å². The summed E-state index contributed by atoms with van der Waals surface area (Å²) in [5.41, 5.74) is 0. The Labute approximate surface area is 65.8 Å². The van der Waals surface area contributed by atoms with Crippen LogP contribution in [0.1, 0.15) is 6.92 Å². The largest absolute Gasteiger partial charge is 0.465 e. The Balaban J connectivity index is 3.63. The second-order valence-corrected chi connectivity index (χ2v) is 2.67. The van der Waals surface area contributed by atoms with E-state index >= 15 is 0 Å². The molecule has 0 heterocycles. The molecule has 1 atom stereocenters. The molecule has 9 heavy (non-hydrogen) atoms. The lowest BCUT2D eigenvalue weighted by molar-refractivity contribution is -0.116. The average Bonchev–Trinajstić information content (AvgIpc) is 1.63. The SMILES string of the molecule is CC(=O)C(I)NC(=O)O. The normalized spacial score (nSPS) is 12.2. The number of carbonyl (C=O) groups excluding carboxylic acids is 1. The maximum absolute atomic E-state index is 10.3. The van der Waals surface area contributed by atoms with Crippen molar-refractivity contribution in [3.8, 4) is 0 Å². The number of halogens is 1. The first-order valence-corrected chi connectivity index (χ1v) is 3.42. The van der Waals surface area contributed by atoms with Gasteiger partial charge in [0, 0.05) is 0 Å². The van der Waals surface area contributed by atoms with E-state index in [0.717, 1.165) is 0 Å². The number of amides is 1. The molecule has 0 saturated carbocycles. The molecule has 0 aliphatic rings. The number of Topliss-reactive ketones (excluding diaryl/α,β-unsaturated/α-hetero) is 1. The van der Waals surface area contributed by atoms with Crippen molar-refractivity contribution in [2.75, 3.05) is 0 Å². The predicted molar refractivity (Wildman–Crippen MR) is 39.6 cm³/mol. The fourth-order valence-electron chi connectivity index (χ4n) is 0.210. The fraction of sp³-hybridized carbons (Fsp3) is 0.500. The highest BCUT2D eigenvalue weighted by Gasteiger charge is 2.10. The van der Waals surface area contributed by atoms with Crippen molar-refractivity contribution >= 4 is 34.5 Å². The van der Waals surface area contributed by atoms with Crippen molar-refractivity contribution < 1.29 is 14.7 Å². The van der Waals surface area contributed by atoms with Crippen LogP contribution < -0.4 is 5.32 Å². The van der Waals surface area contributed by atoms with Gasteiger partial charge in [-0.2, -0.15) is 0 Å². The van der Waals surface area contributed by atoms with E-state index in [1.54, 1.807) is 22.6 Å². The molecule has 1 amide bonds. The van der Waals surface area contributed by atoms with Crippen LogP contribution in [-0.4, -0.2) is 21.0 Å². The highest BCUT2D eigenvalue weighted by Crippen LogP contribution is 1.95. The van der Waals surface area contributed by atoms with Crippen LogP contribution in [0, 0.1) is 0 Å². The summed E-state index contributed by atoms with van der Waals surface area (Å²) in [6, 6.07) is 0. The maximum atomic E-state index is 10.3. The quantitative estimate of drug-likeness (QED) is 0.424. The molecular weight excluding hydrogens is 237 g/mol. The van der Waals surface area contributed by atoms with Gasteiger partial charge in [-0.15, -0.1) is 0 Å². The Morgan fingerprint density at radius 1 is 1.67 bits per heavy atom. The van der Waals surface area contributed by atoms with Gasteiger partial charge in [-0.3, -0.25) is 4.79 Å². The summed E-state index contributed by atoms with van der Waals surface area (Å²) in [7, 11) is 0. The summed E-state index contributed by atoms with van der Waals surface area (Å²) in [4.78, 5) is 20.2. The number of rotatable bonds is 2. The summed E-state index contributed by atoms with van der Waals surface area (Å²) < 4.78 is -0.625. The first-order valence-electron chi connectivity index (χ1n) is 2.18. The van der Waals surface area contributed by atoms with Gasteiger partial charge < -0.3 is 10.4 Å². The van der Waals surface area contributed by atoms with Gasteiger partial charge in [-0.05, 0) is 29.5 Å². The highest BCUT2D eigenvalue weighted by molar-refractivity contribution is 14.1. The number of ketones is 1. The Kier molecular flexibility index (Phi) is 3.52. The molecule has 4 nitrogen and oxygen atoms in total. The lowest BCUT2D eigenvalue weighted by atomic mass is 10.4. The van der Waals surface area contributed by atoms with Crippen molar-refractivity contribution in [3.05, 3.63) is 0 Å². The lowest BCUT2D eigenvalue weighted by Crippen LogP contribution is -2.33. The van der Waals surface area contributed by atoms with Crippen molar-refractivity contribution in [1.29, 1.82) is 0 Å². The minimum absolute atomic E-state index is 0.196. The predicted octanol–water partition coefficient (Wildman–Crippen LogP) is 0.604. The molecule has 0 rings (SSSR count). The van der Waals surface area contributed by atoms with Gasteiger partial charge in [0.25, 0.3) is 0 Å². The average molecular weight is 243 g/mol. The van der Waals surface area contributed by atoms with Crippen LogP contribution in [-0.2, 0) is 4.79 Å². The Morgan fingerprint density at radius 3 is 2.22 bits per heavy atom. The second-order valence-electron chi connectivity index (χ2n) is 1.42. The van der Waals surface area contributed by atoms with Crippen LogP contribution in [0.15, 0.2) is 0 Å². The van der Waals surface area contributed by atoms with Gasteiger partial charge in [0.15, 0.2) is 5.78 Å². The zero-order valence-corrected chi connectivity index (χ0v) is 6.88. The van der Waals surface area contributed by atoms with Gasteiger partial charge in [0.1, 0.15) is 4.05 Å². The van der Waals surface area contributed by atoms with Crippen LogP contribution in [0.25, 0.3) is 0 Å². The third-order valence-electron chi connectivity index (χ3n) is 0.607. The molecule has 52 valence electrons. The topological polar surface area (TPSA) is 66.4 Å². The van der Waals surface area contributed by atoms with Gasteiger partial charge >= 0.3 is 6.09 Å². The van der Waals surface area contributed by atoms with Gasteiger partial charge in [0.2, 0.25) is 0 Å². The maximum Gasteiger partial charge on any atom is 0.405 e. The number of hydrogen-bond donors (Lipinski definition) is 2. The lowest BCUT2D eigenvalue weighted by Gasteiger charge is -2.02. The third-order valence-corrected chi connectivity index (χ3v) is 1.80. The molecule has 0 aromatic carbocycles. The number of hydrogen-bond acceptors (Lipinski definition) is 2. The van der Waals surface area contributed by atoms with Crippen LogP contribution in [0.2, 0.25) is 0 Å². The molecule has 0 fully saturated rings. The Morgan fingerprint density at radius 2 is 2.11 bits per heavy atom. The summed E-state index contributed by atoms with van der Waals surface area (Å²) in [5, 5.41) is 10.1. The summed E-state index contributed by atoms with van der Waals surface area (Å²) in [6.07, 6.45) is -1.18. The minimum atomic E-state index is -1.18. The van der Waals surface area contributed by atoms with Crippen LogP contribution in [0.3, 0.4) is 0 Å².